The molecule has 92 valence electrons. The van der Waals surface area contributed by atoms with Gasteiger partial charge in [0.2, 0.25) is 0 Å². The highest BCUT2D eigenvalue weighted by molar-refractivity contribution is 6.30. The molecular formula is C14H18ClNO. The van der Waals surface area contributed by atoms with E-state index in [1.807, 2.05) is 17.0 Å². The van der Waals surface area contributed by atoms with Gasteiger partial charge in [-0.1, -0.05) is 31.5 Å². The molecule has 1 amide bonds. The number of nitrogens with zero attached hydrogens (tertiary/aromatic N) is 1. The summed E-state index contributed by atoms with van der Waals surface area (Å²) in [6.07, 6.45) is 2.14. The minimum absolute atomic E-state index is 0.100. The molecule has 1 aromatic carbocycles. The van der Waals surface area contributed by atoms with E-state index in [0.29, 0.717) is 16.0 Å². The molecule has 17 heavy (non-hydrogen) atoms. The van der Waals surface area contributed by atoms with E-state index in [0.717, 1.165) is 25.9 Å². The minimum Gasteiger partial charge on any atom is -0.339 e. The van der Waals surface area contributed by atoms with Crippen LogP contribution in [0.15, 0.2) is 24.3 Å². The second-order valence-electron chi connectivity index (χ2n) is 5.47. The normalized spacial score (nSPS) is 19.1. The largest absolute Gasteiger partial charge is 0.339 e. The third-order valence-electron chi connectivity index (χ3n) is 3.48. The summed E-state index contributed by atoms with van der Waals surface area (Å²) in [6, 6.07) is 7.18. The molecule has 0 atom stereocenters. The molecule has 1 heterocycles. The fraction of sp³-hybridized carbons (Fsp3) is 0.500. The lowest BCUT2D eigenvalue weighted by atomic mass is 9.82. The summed E-state index contributed by atoms with van der Waals surface area (Å²) in [7, 11) is 0. The SMILES string of the molecule is CC1(C)CCN(C(=O)c2cccc(Cl)c2)CC1. The number of hydrogen-bond acceptors (Lipinski definition) is 1. The molecule has 3 heteroatoms. The van der Waals surface area contributed by atoms with Crippen LogP contribution < -0.4 is 0 Å². The summed E-state index contributed by atoms with van der Waals surface area (Å²) in [5, 5.41) is 0.619. The molecule has 2 rings (SSSR count). The third kappa shape index (κ3) is 3.01. The van der Waals surface area contributed by atoms with Gasteiger partial charge in [0.25, 0.3) is 5.91 Å². The number of rotatable bonds is 1. The zero-order valence-electron chi connectivity index (χ0n) is 10.4. The molecule has 1 fully saturated rings. The van der Waals surface area contributed by atoms with Gasteiger partial charge in [-0.3, -0.25) is 4.79 Å². The Labute approximate surface area is 108 Å². The Bertz CT molecular complexity index is 418. The Morgan fingerprint density at radius 1 is 1.29 bits per heavy atom. The second-order valence-corrected chi connectivity index (χ2v) is 5.90. The maximum atomic E-state index is 12.2. The first kappa shape index (κ1) is 12.4. The molecular weight excluding hydrogens is 234 g/mol. The fourth-order valence-corrected chi connectivity index (χ4v) is 2.31. The Hall–Kier alpha value is -1.02. The van der Waals surface area contributed by atoms with Gasteiger partial charge < -0.3 is 4.90 Å². The van der Waals surface area contributed by atoms with Crippen molar-refractivity contribution in [1.29, 1.82) is 0 Å². The summed E-state index contributed by atoms with van der Waals surface area (Å²) in [4.78, 5) is 14.2. The highest BCUT2D eigenvalue weighted by Gasteiger charge is 2.28. The lowest BCUT2D eigenvalue weighted by Crippen LogP contribution is -2.41. The van der Waals surface area contributed by atoms with Gasteiger partial charge in [-0.05, 0) is 36.5 Å². The van der Waals surface area contributed by atoms with Crippen LogP contribution in [0.25, 0.3) is 0 Å². The lowest BCUT2D eigenvalue weighted by Gasteiger charge is -2.36. The monoisotopic (exact) mass is 251 g/mol. The van der Waals surface area contributed by atoms with E-state index < -0.39 is 0 Å². The first-order chi connectivity index (χ1) is 7.98. The number of benzene rings is 1. The standard InChI is InChI=1S/C14H18ClNO/c1-14(2)6-8-16(9-7-14)13(17)11-4-3-5-12(15)10-11/h3-5,10H,6-9H2,1-2H3. The van der Waals surface area contributed by atoms with E-state index in [1.54, 1.807) is 12.1 Å². The predicted molar refractivity (Wildman–Crippen MR) is 70.4 cm³/mol. The van der Waals surface area contributed by atoms with Crippen molar-refractivity contribution in [3.8, 4) is 0 Å². The van der Waals surface area contributed by atoms with Gasteiger partial charge in [0, 0.05) is 23.7 Å². The Morgan fingerprint density at radius 2 is 1.94 bits per heavy atom. The number of hydrogen-bond donors (Lipinski definition) is 0. The summed E-state index contributed by atoms with van der Waals surface area (Å²) in [6.45, 7) is 6.21. The van der Waals surface area contributed by atoms with Crippen LogP contribution in [0.5, 0.6) is 0 Å². The van der Waals surface area contributed by atoms with Crippen LogP contribution in [-0.2, 0) is 0 Å². The lowest BCUT2D eigenvalue weighted by molar-refractivity contribution is 0.0630. The molecule has 0 spiro atoms. The molecule has 0 radical (unpaired) electrons. The van der Waals surface area contributed by atoms with E-state index >= 15 is 0 Å². The van der Waals surface area contributed by atoms with Crippen LogP contribution in [0, 0.1) is 5.41 Å². The van der Waals surface area contributed by atoms with Crippen LogP contribution in [0.4, 0.5) is 0 Å². The van der Waals surface area contributed by atoms with Crippen molar-refractivity contribution < 1.29 is 4.79 Å². The highest BCUT2D eigenvalue weighted by atomic mass is 35.5. The number of carbonyl (C=O) groups excluding carboxylic acids is 1. The van der Waals surface area contributed by atoms with Crippen molar-refractivity contribution in [3.63, 3.8) is 0 Å². The Balaban J connectivity index is 2.07. The maximum Gasteiger partial charge on any atom is 0.253 e. The molecule has 0 bridgehead atoms. The quantitative estimate of drug-likeness (QED) is 0.747. The maximum absolute atomic E-state index is 12.2. The van der Waals surface area contributed by atoms with Gasteiger partial charge in [-0.15, -0.1) is 0 Å². The number of halogens is 1. The summed E-state index contributed by atoms with van der Waals surface area (Å²) in [5.41, 5.74) is 1.06. The van der Waals surface area contributed by atoms with E-state index in [2.05, 4.69) is 13.8 Å². The third-order valence-corrected chi connectivity index (χ3v) is 3.71. The molecule has 0 saturated carbocycles. The smallest absolute Gasteiger partial charge is 0.253 e. The molecule has 1 saturated heterocycles. The first-order valence-electron chi connectivity index (χ1n) is 6.03. The summed E-state index contributed by atoms with van der Waals surface area (Å²) >= 11 is 5.90. The molecule has 0 aliphatic carbocycles. The van der Waals surface area contributed by atoms with Crippen LogP contribution in [0.3, 0.4) is 0 Å². The Kier molecular flexibility index (Phi) is 3.43. The second kappa shape index (κ2) is 4.69. The Morgan fingerprint density at radius 3 is 2.53 bits per heavy atom. The van der Waals surface area contributed by atoms with Gasteiger partial charge in [0.1, 0.15) is 0 Å². The average molecular weight is 252 g/mol. The van der Waals surface area contributed by atoms with Crippen molar-refractivity contribution in [2.75, 3.05) is 13.1 Å². The summed E-state index contributed by atoms with van der Waals surface area (Å²) in [5.74, 6) is 0.100. The first-order valence-corrected chi connectivity index (χ1v) is 6.41. The van der Waals surface area contributed by atoms with Crippen molar-refractivity contribution in [2.45, 2.75) is 26.7 Å². The number of likely N-dealkylation sites (tertiary alicyclic amines) is 1. The van der Waals surface area contributed by atoms with Gasteiger partial charge in [-0.2, -0.15) is 0 Å². The predicted octanol–water partition coefficient (Wildman–Crippen LogP) is 3.60. The molecule has 1 aliphatic heterocycles. The van der Waals surface area contributed by atoms with Gasteiger partial charge in [0.15, 0.2) is 0 Å². The molecule has 0 aromatic heterocycles. The average Bonchev–Trinajstić information content (AvgIpc) is 2.28. The minimum atomic E-state index is 0.100. The van der Waals surface area contributed by atoms with E-state index in [1.165, 1.54) is 0 Å². The van der Waals surface area contributed by atoms with E-state index in [9.17, 15) is 4.79 Å². The van der Waals surface area contributed by atoms with Crippen LogP contribution >= 0.6 is 11.6 Å². The zero-order valence-corrected chi connectivity index (χ0v) is 11.1. The highest BCUT2D eigenvalue weighted by Crippen LogP contribution is 2.30. The van der Waals surface area contributed by atoms with Crippen LogP contribution in [0.2, 0.25) is 5.02 Å². The van der Waals surface area contributed by atoms with Crippen LogP contribution in [0.1, 0.15) is 37.0 Å². The van der Waals surface area contributed by atoms with Crippen molar-refractivity contribution >= 4 is 17.5 Å². The van der Waals surface area contributed by atoms with Crippen molar-refractivity contribution in [2.24, 2.45) is 5.41 Å². The molecule has 0 unspecified atom stereocenters. The van der Waals surface area contributed by atoms with E-state index in [-0.39, 0.29) is 5.91 Å². The fourth-order valence-electron chi connectivity index (χ4n) is 2.12. The summed E-state index contributed by atoms with van der Waals surface area (Å²) < 4.78 is 0. The van der Waals surface area contributed by atoms with Crippen molar-refractivity contribution in [1.82, 2.24) is 4.90 Å². The van der Waals surface area contributed by atoms with Gasteiger partial charge >= 0.3 is 0 Å². The van der Waals surface area contributed by atoms with Crippen LogP contribution in [-0.4, -0.2) is 23.9 Å². The zero-order chi connectivity index (χ0) is 12.5. The molecule has 1 aromatic rings. The number of amides is 1. The topological polar surface area (TPSA) is 20.3 Å². The molecule has 0 N–H and O–H groups in total. The number of carbonyl (C=O) groups is 1. The molecule has 1 aliphatic rings. The van der Waals surface area contributed by atoms with Crippen molar-refractivity contribution in [3.05, 3.63) is 34.9 Å². The van der Waals surface area contributed by atoms with Gasteiger partial charge in [-0.25, -0.2) is 0 Å². The van der Waals surface area contributed by atoms with Gasteiger partial charge in [0.05, 0.1) is 0 Å². The number of piperidine rings is 1. The molecule has 2 nitrogen and oxygen atoms in total. The van der Waals surface area contributed by atoms with E-state index in [4.69, 9.17) is 11.6 Å².